The molecule has 2 N–H and O–H groups in total. The molecule has 0 saturated carbocycles. The summed E-state index contributed by atoms with van der Waals surface area (Å²) in [4.78, 5) is 44.2. The van der Waals surface area contributed by atoms with Gasteiger partial charge in [-0.2, -0.15) is 0 Å². The van der Waals surface area contributed by atoms with Gasteiger partial charge in [-0.05, 0) is 12.1 Å². The van der Waals surface area contributed by atoms with Crippen molar-refractivity contribution >= 4 is 29.8 Å². The molecular weight excluding hydrogens is 336 g/mol. The van der Waals surface area contributed by atoms with E-state index in [4.69, 9.17) is 0 Å². The Morgan fingerprint density at radius 2 is 1.65 bits per heavy atom. The predicted molar refractivity (Wildman–Crippen MR) is 93.1 cm³/mol. The molecule has 26 heavy (non-hydrogen) atoms. The molecule has 2 aliphatic rings. The Balaban J connectivity index is 1.45. The number of urea groups is 1. The Morgan fingerprint density at radius 3 is 2.35 bits per heavy atom. The van der Waals surface area contributed by atoms with Crippen LogP contribution in [-0.2, 0) is 4.79 Å². The quantitative estimate of drug-likeness (QED) is 0.575. The second-order valence-corrected chi connectivity index (χ2v) is 5.76. The average Bonchev–Trinajstić information content (AvgIpc) is 3.00. The fraction of sp³-hybridized carbons (Fsp3) is 0.250. The van der Waals surface area contributed by atoms with Crippen LogP contribution in [0.4, 0.5) is 16.6 Å². The van der Waals surface area contributed by atoms with Gasteiger partial charge in [0.1, 0.15) is 11.5 Å². The van der Waals surface area contributed by atoms with E-state index in [1.54, 1.807) is 24.7 Å². The normalized spacial score (nSPS) is 18.8. The third kappa shape index (κ3) is 3.29. The highest BCUT2D eigenvalue weighted by Crippen LogP contribution is 2.16. The molecule has 0 aromatic carbocycles. The van der Waals surface area contributed by atoms with E-state index in [0.29, 0.717) is 5.82 Å². The van der Waals surface area contributed by atoms with Gasteiger partial charge in [0.15, 0.2) is 5.82 Å². The SMILES string of the molecule is O=C1NC(=O)C(=Cc2nccc(N3CCN(c4ncccn4)CC3)n2)N1. The van der Waals surface area contributed by atoms with E-state index in [-0.39, 0.29) is 5.70 Å². The molecule has 0 unspecified atom stereocenters. The summed E-state index contributed by atoms with van der Waals surface area (Å²) < 4.78 is 0. The van der Waals surface area contributed by atoms with Gasteiger partial charge in [0.05, 0.1) is 0 Å². The first-order valence-corrected chi connectivity index (χ1v) is 8.13. The number of nitrogens with zero attached hydrogens (tertiary/aromatic N) is 6. The van der Waals surface area contributed by atoms with Gasteiger partial charge in [-0.3, -0.25) is 10.1 Å². The van der Waals surface area contributed by atoms with Crippen LogP contribution < -0.4 is 20.4 Å². The van der Waals surface area contributed by atoms with Gasteiger partial charge < -0.3 is 15.1 Å². The number of anilines is 2. The number of aromatic nitrogens is 4. The van der Waals surface area contributed by atoms with Crippen LogP contribution in [0.2, 0.25) is 0 Å². The molecule has 2 saturated heterocycles. The summed E-state index contributed by atoms with van der Waals surface area (Å²) in [6.07, 6.45) is 6.56. The first-order chi connectivity index (χ1) is 12.7. The van der Waals surface area contributed by atoms with E-state index < -0.39 is 11.9 Å². The smallest absolute Gasteiger partial charge is 0.326 e. The molecule has 0 atom stereocenters. The summed E-state index contributed by atoms with van der Waals surface area (Å²) >= 11 is 0. The van der Waals surface area contributed by atoms with E-state index in [2.05, 4.69) is 40.4 Å². The maximum absolute atomic E-state index is 11.6. The van der Waals surface area contributed by atoms with E-state index in [0.717, 1.165) is 37.9 Å². The molecule has 0 spiro atoms. The lowest BCUT2D eigenvalue weighted by Gasteiger charge is -2.35. The zero-order valence-electron chi connectivity index (χ0n) is 13.8. The third-order valence-corrected chi connectivity index (χ3v) is 4.09. The lowest BCUT2D eigenvalue weighted by Crippen LogP contribution is -2.47. The second kappa shape index (κ2) is 6.75. The standard InChI is InChI=1S/C16H16N8O2/c25-14-11(20-16(26)22-14)10-12-17-5-2-13(21-12)23-6-8-24(9-7-23)15-18-3-1-4-19-15/h1-5,10H,6-9H2,(H2,20,22,25,26). The minimum atomic E-state index is -0.545. The summed E-state index contributed by atoms with van der Waals surface area (Å²) in [6.45, 7) is 3.09. The van der Waals surface area contributed by atoms with Gasteiger partial charge in [-0.1, -0.05) is 0 Å². The van der Waals surface area contributed by atoms with Crippen molar-refractivity contribution in [2.24, 2.45) is 0 Å². The molecule has 0 aliphatic carbocycles. The van der Waals surface area contributed by atoms with Crippen molar-refractivity contribution in [3.63, 3.8) is 0 Å². The minimum Gasteiger partial charge on any atom is -0.353 e. The van der Waals surface area contributed by atoms with Crippen molar-refractivity contribution in [1.29, 1.82) is 0 Å². The van der Waals surface area contributed by atoms with Crippen LogP contribution in [0, 0.1) is 0 Å². The van der Waals surface area contributed by atoms with E-state index >= 15 is 0 Å². The van der Waals surface area contributed by atoms with Gasteiger partial charge in [0.2, 0.25) is 5.95 Å². The first kappa shape index (κ1) is 15.9. The van der Waals surface area contributed by atoms with Gasteiger partial charge in [-0.15, -0.1) is 0 Å². The number of piperazine rings is 1. The molecule has 10 heteroatoms. The van der Waals surface area contributed by atoms with Gasteiger partial charge in [-0.25, -0.2) is 24.7 Å². The Bertz CT molecular complexity index is 862. The molecule has 132 valence electrons. The minimum absolute atomic E-state index is 0.137. The molecule has 10 nitrogen and oxygen atoms in total. The summed E-state index contributed by atoms with van der Waals surface area (Å²) in [5, 5.41) is 4.57. The monoisotopic (exact) mass is 352 g/mol. The third-order valence-electron chi connectivity index (χ3n) is 4.09. The summed E-state index contributed by atoms with van der Waals surface area (Å²) in [6, 6.07) is 3.07. The van der Waals surface area contributed by atoms with Crippen molar-refractivity contribution in [2.75, 3.05) is 36.0 Å². The number of hydrogen-bond donors (Lipinski definition) is 2. The molecule has 0 bridgehead atoms. The molecule has 2 aromatic heterocycles. The highest BCUT2D eigenvalue weighted by Gasteiger charge is 2.24. The van der Waals surface area contributed by atoms with Crippen LogP contribution in [0.15, 0.2) is 36.4 Å². The van der Waals surface area contributed by atoms with Gasteiger partial charge in [0, 0.05) is 50.8 Å². The Kier molecular flexibility index (Phi) is 4.14. The average molecular weight is 352 g/mol. The van der Waals surface area contributed by atoms with Crippen molar-refractivity contribution < 1.29 is 9.59 Å². The van der Waals surface area contributed by atoms with E-state index in [1.807, 2.05) is 6.07 Å². The number of imide groups is 1. The predicted octanol–water partition coefficient (Wildman–Crippen LogP) is -0.226. The first-order valence-electron chi connectivity index (χ1n) is 8.13. The number of carbonyl (C=O) groups excluding carboxylic acids is 2. The second-order valence-electron chi connectivity index (χ2n) is 5.76. The van der Waals surface area contributed by atoms with Gasteiger partial charge in [0.25, 0.3) is 5.91 Å². The van der Waals surface area contributed by atoms with Crippen molar-refractivity contribution in [1.82, 2.24) is 30.6 Å². The molecular formula is C16H16N8O2. The zero-order chi connectivity index (χ0) is 17.9. The molecule has 0 radical (unpaired) electrons. The van der Waals surface area contributed by atoms with Gasteiger partial charge >= 0.3 is 6.03 Å². The summed E-state index contributed by atoms with van der Waals surface area (Å²) in [5.74, 6) is 1.37. The lowest BCUT2D eigenvalue weighted by atomic mass is 10.3. The number of carbonyl (C=O) groups is 2. The van der Waals surface area contributed by atoms with Crippen molar-refractivity contribution in [3.05, 3.63) is 42.2 Å². The Hall–Kier alpha value is -3.56. The van der Waals surface area contributed by atoms with Crippen LogP contribution in [0.3, 0.4) is 0 Å². The van der Waals surface area contributed by atoms with Crippen molar-refractivity contribution in [2.45, 2.75) is 0 Å². The van der Waals surface area contributed by atoms with Crippen LogP contribution in [-0.4, -0.2) is 58.1 Å². The molecule has 4 rings (SSSR count). The highest BCUT2D eigenvalue weighted by atomic mass is 16.2. The molecule has 3 amide bonds. The summed E-state index contributed by atoms with van der Waals surface area (Å²) in [7, 11) is 0. The summed E-state index contributed by atoms with van der Waals surface area (Å²) in [5.41, 5.74) is 0.137. The van der Waals surface area contributed by atoms with Crippen LogP contribution in [0.25, 0.3) is 6.08 Å². The number of amides is 3. The van der Waals surface area contributed by atoms with E-state index in [1.165, 1.54) is 6.08 Å². The fourth-order valence-corrected chi connectivity index (χ4v) is 2.81. The Labute approximate surface area is 149 Å². The molecule has 2 aromatic rings. The van der Waals surface area contributed by atoms with Crippen molar-refractivity contribution in [3.8, 4) is 0 Å². The fourth-order valence-electron chi connectivity index (χ4n) is 2.81. The maximum Gasteiger partial charge on any atom is 0.326 e. The zero-order valence-corrected chi connectivity index (χ0v) is 13.8. The highest BCUT2D eigenvalue weighted by molar-refractivity contribution is 6.13. The van der Waals surface area contributed by atoms with Crippen LogP contribution in [0.5, 0.6) is 0 Å². The number of rotatable bonds is 3. The molecule has 2 aliphatic heterocycles. The Morgan fingerprint density at radius 1 is 0.923 bits per heavy atom. The molecule has 4 heterocycles. The lowest BCUT2D eigenvalue weighted by molar-refractivity contribution is -0.115. The topological polar surface area (TPSA) is 116 Å². The largest absolute Gasteiger partial charge is 0.353 e. The van der Waals surface area contributed by atoms with E-state index in [9.17, 15) is 9.59 Å². The maximum atomic E-state index is 11.6. The van der Waals surface area contributed by atoms with Crippen LogP contribution >= 0.6 is 0 Å². The number of nitrogens with one attached hydrogen (secondary N) is 2. The van der Waals surface area contributed by atoms with Crippen LogP contribution in [0.1, 0.15) is 5.82 Å². The molecule has 2 fully saturated rings. The number of hydrogen-bond acceptors (Lipinski definition) is 8.